The van der Waals surface area contributed by atoms with E-state index in [1.165, 1.54) is 41.4 Å². The van der Waals surface area contributed by atoms with Crippen molar-refractivity contribution in [1.29, 1.82) is 0 Å². The first-order valence-electron chi connectivity index (χ1n) is 6.47. The minimum absolute atomic E-state index is 0.618. The van der Waals surface area contributed by atoms with Crippen LogP contribution in [0.5, 0.6) is 0 Å². The zero-order chi connectivity index (χ0) is 11.8. The summed E-state index contributed by atoms with van der Waals surface area (Å²) in [5.41, 5.74) is 8.25. The summed E-state index contributed by atoms with van der Waals surface area (Å²) in [6.07, 6.45) is 4.29. The van der Waals surface area contributed by atoms with Gasteiger partial charge in [-0.05, 0) is 42.4 Å². The number of hydrogen-bond acceptors (Lipinski definition) is 2. The third-order valence-electron chi connectivity index (χ3n) is 4.25. The Kier molecular flexibility index (Phi) is 3.24. The standard InChI is InChI=1S/C14H19BrN2/c15-14-6-10(7-16)1-3-12(14)9-17-8-11-2-4-13(17)5-11/h1,3,6,11,13H,2,4-5,7-9,16H2. The van der Waals surface area contributed by atoms with Crippen LogP contribution in [-0.4, -0.2) is 17.5 Å². The van der Waals surface area contributed by atoms with Crippen LogP contribution in [0.1, 0.15) is 30.4 Å². The van der Waals surface area contributed by atoms with Crippen LogP contribution < -0.4 is 5.73 Å². The van der Waals surface area contributed by atoms with Crippen LogP contribution in [0.4, 0.5) is 0 Å². The molecule has 0 amide bonds. The molecule has 2 atom stereocenters. The van der Waals surface area contributed by atoms with E-state index in [-0.39, 0.29) is 0 Å². The number of benzene rings is 1. The normalized spacial score (nSPS) is 27.9. The van der Waals surface area contributed by atoms with E-state index < -0.39 is 0 Å². The average molecular weight is 295 g/mol. The first-order valence-corrected chi connectivity index (χ1v) is 7.27. The average Bonchev–Trinajstić information content (AvgIpc) is 2.93. The lowest BCUT2D eigenvalue weighted by molar-refractivity contribution is 0.205. The molecule has 1 aromatic rings. The summed E-state index contributed by atoms with van der Waals surface area (Å²) >= 11 is 3.67. The van der Waals surface area contributed by atoms with E-state index >= 15 is 0 Å². The van der Waals surface area contributed by atoms with Crippen LogP contribution in [-0.2, 0) is 13.1 Å². The van der Waals surface area contributed by atoms with Crippen molar-refractivity contribution < 1.29 is 0 Å². The van der Waals surface area contributed by atoms with Gasteiger partial charge in [0.2, 0.25) is 0 Å². The smallest absolute Gasteiger partial charge is 0.0247 e. The Morgan fingerprint density at radius 2 is 2.24 bits per heavy atom. The molecule has 1 aliphatic heterocycles. The summed E-state index contributed by atoms with van der Waals surface area (Å²) in [6, 6.07) is 7.37. The highest BCUT2D eigenvalue weighted by atomic mass is 79.9. The molecule has 0 spiro atoms. The Labute approximate surface area is 111 Å². The molecular weight excluding hydrogens is 276 g/mol. The van der Waals surface area contributed by atoms with Gasteiger partial charge in [0, 0.05) is 30.1 Å². The number of nitrogens with two attached hydrogens (primary N) is 1. The number of hydrogen-bond donors (Lipinski definition) is 1. The third kappa shape index (κ3) is 2.28. The number of halogens is 1. The first kappa shape index (κ1) is 11.7. The van der Waals surface area contributed by atoms with Gasteiger partial charge in [-0.25, -0.2) is 0 Å². The van der Waals surface area contributed by atoms with Crippen molar-refractivity contribution >= 4 is 15.9 Å². The molecule has 2 unspecified atom stereocenters. The number of likely N-dealkylation sites (tertiary alicyclic amines) is 1. The van der Waals surface area contributed by atoms with Crippen molar-refractivity contribution in [1.82, 2.24) is 4.90 Å². The van der Waals surface area contributed by atoms with Crippen LogP contribution in [0, 0.1) is 5.92 Å². The van der Waals surface area contributed by atoms with Gasteiger partial charge in [0.1, 0.15) is 0 Å². The Hall–Kier alpha value is -0.380. The highest BCUT2D eigenvalue weighted by Crippen LogP contribution is 2.38. The second-order valence-electron chi connectivity index (χ2n) is 5.39. The highest BCUT2D eigenvalue weighted by molar-refractivity contribution is 9.10. The van der Waals surface area contributed by atoms with Gasteiger partial charge in [-0.1, -0.05) is 28.1 Å². The monoisotopic (exact) mass is 294 g/mol. The number of fused-ring (bicyclic) bond motifs is 2. The van der Waals surface area contributed by atoms with Crippen molar-refractivity contribution in [3.63, 3.8) is 0 Å². The Morgan fingerprint density at radius 1 is 1.35 bits per heavy atom. The molecule has 1 heterocycles. The van der Waals surface area contributed by atoms with Crippen molar-refractivity contribution in [2.24, 2.45) is 11.7 Å². The van der Waals surface area contributed by atoms with Gasteiger partial charge in [0.25, 0.3) is 0 Å². The molecule has 17 heavy (non-hydrogen) atoms. The van der Waals surface area contributed by atoms with E-state index in [1.54, 1.807) is 0 Å². The van der Waals surface area contributed by atoms with Crippen LogP contribution in [0.3, 0.4) is 0 Å². The van der Waals surface area contributed by atoms with E-state index in [9.17, 15) is 0 Å². The molecule has 0 aromatic heterocycles. The van der Waals surface area contributed by atoms with Gasteiger partial charge >= 0.3 is 0 Å². The van der Waals surface area contributed by atoms with Crippen LogP contribution in [0.2, 0.25) is 0 Å². The summed E-state index contributed by atoms with van der Waals surface area (Å²) in [4.78, 5) is 2.65. The van der Waals surface area contributed by atoms with Crippen LogP contribution in [0.15, 0.2) is 22.7 Å². The molecule has 1 saturated carbocycles. The van der Waals surface area contributed by atoms with E-state index in [0.717, 1.165) is 18.5 Å². The van der Waals surface area contributed by atoms with Gasteiger partial charge in [0.05, 0.1) is 0 Å². The summed E-state index contributed by atoms with van der Waals surface area (Å²) in [5, 5.41) is 0. The minimum atomic E-state index is 0.618. The molecule has 2 fully saturated rings. The molecule has 2 aliphatic rings. The lowest BCUT2D eigenvalue weighted by atomic mass is 10.1. The maximum atomic E-state index is 5.65. The molecule has 1 saturated heterocycles. The lowest BCUT2D eigenvalue weighted by Crippen LogP contribution is -2.31. The van der Waals surface area contributed by atoms with Crippen molar-refractivity contribution in [2.45, 2.75) is 38.4 Å². The van der Waals surface area contributed by atoms with E-state index in [2.05, 4.69) is 39.0 Å². The van der Waals surface area contributed by atoms with E-state index in [0.29, 0.717) is 6.54 Å². The molecule has 3 rings (SSSR count). The molecule has 2 N–H and O–H groups in total. The SMILES string of the molecule is NCc1ccc(CN2CC3CCC2C3)c(Br)c1. The zero-order valence-electron chi connectivity index (χ0n) is 10.0. The van der Waals surface area contributed by atoms with Gasteiger partial charge in [-0.15, -0.1) is 0 Å². The van der Waals surface area contributed by atoms with Gasteiger partial charge < -0.3 is 5.73 Å². The van der Waals surface area contributed by atoms with Gasteiger partial charge in [0.15, 0.2) is 0 Å². The second kappa shape index (κ2) is 4.71. The highest BCUT2D eigenvalue weighted by Gasteiger charge is 2.37. The van der Waals surface area contributed by atoms with Crippen molar-refractivity contribution in [2.75, 3.05) is 6.54 Å². The molecule has 0 radical (unpaired) electrons. The fourth-order valence-electron chi connectivity index (χ4n) is 3.29. The van der Waals surface area contributed by atoms with E-state index in [1.807, 2.05) is 0 Å². The summed E-state index contributed by atoms with van der Waals surface area (Å²) < 4.78 is 1.21. The maximum Gasteiger partial charge on any atom is 0.0247 e. The Balaban J connectivity index is 1.73. The largest absolute Gasteiger partial charge is 0.326 e. The summed E-state index contributed by atoms with van der Waals surface area (Å²) in [7, 11) is 0. The predicted octanol–water partition coefficient (Wildman–Crippen LogP) is 2.89. The lowest BCUT2D eigenvalue weighted by Gasteiger charge is -2.27. The third-order valence-corrected chi connectivity index (χ3v) is 4.99. The maximum absolute atomic E-state index is 5.65. The van der Waals surface area contributed by atoms with Crippen molar-refractivity contribution in [3.8, 4) is 0 Å². The Morgan fingerprint density at radius 3 is 2.82 bits per heavy atom. The second-order valence-corrected chi connectivity index (χ2v) is 6.25. The fourth-order valence-corrected chi connectivity index (χ4v) is 3.84. The molecule has 1 aromatic carbocycles. The summed E-state index contributed by atoms with van der Waals surface area (Å²) in [6.45, 7) is 3.01. The molecule has 1 aliphatic carbocycles. The van der Waals surface area contributed by atoms with Gasteiger partial charge in [-0.3, -0.25) is 4.90 Å². The number of rotatable bonds is 3. The minimum Gasteiger partial charge on any atom is -0.326 e. The number of nitrogens with zero attached hydrogens (tertiary/aromatic N) is 1. The zero-order valence-corrected chi connectivity index (χ0v) is 11.6. The molecule has 2 bridgehead atoms. The molecule has 3 heteroatoms. The summed E-state index contributed by atoms with van der Waals surface area (Å²) in [5.74, 6) is 0.974. The number of piperidine rings is 1. The topological polar surface area (TPSA) is 29.3 Å². The molecule has 92 valence electrons. The van der Waals surface area contributed by atoms with Crippen LogP contribution in [0.25, 0.3) is 0 Å². The van der Waals surface area contributed by atoms with Gasteiger partial charge in [-0.2, -0.15) is 0 Å². The van der Waals surface area contributed by atoms with E-state index in [4.69, 9.17) is 5.73 Å². The fraction of sp³-hybridized carbons (Fsp3) is 0.571. The Bertz CT molecular complexity index is 419. The van der Waals surface area contributed by atoms with Crippen LogP contribution >= 0.6 is 15.9 Å². The molecule has 2 nitrogen and oxygen atoms in total. The quantitative estimate of drug-likeness (QED) is 0.929. The molecular formula is C14H19BrN2. The van der Waals surface area contributed by atoms with Crippen molar-refractivity contribution in [3.05, 3.63) is 33.8 Å². The predicted molar refractivity (Wildman–Crippen MR) is 73.6 cm³/mol. The first-order chi connectivity index (χ1) is 8.26.